The van der Waals surface area contributed by atoms with Gasteiger partial charge < -0.3 is 4.98 Å². The molecule has 0 atom stereocenters. The van der Waals surface area contributed by atoms with Gasteiger partial charge in [0.25, 0.3) is 5.56 Å². The van der Waals surface area contributed by atoms with Crippen molar-refractivity contribution >= 4 is 22.4 Å². The molecule has 0 saturated heterocycles. The predicted octanol–water partition coefficient (Wildman–Crippen LogP) is 4.16. The first-order valence-corrected chi connectivity index (χ1v) is 6.41. The van der Waals surface area contributed by atoms with Crippen molar-refractivity contribution in [1.29, 1.82) is 0 Å². The Bertz CT molecular complexity index is 803. The number of aryl methyl sites for hydroxylation is 1. The SMILES string of the molecule is Cc1ccc2c(=O)[nH]c(-c3ccc(Cl)cc3)cc2c1. The number of nitrogens with one attached hydrogen (secondary N) is 1. The fourth-order valence-electron chi connectivity index (χ4n) is 2.17. The fraction of sp³-hybridized carbons (Fsp3) is 0.0625. The van der Waals surface area contributed by atoms with E-state index in [0.29, 0.717) is 10.4 Å². The maximum atomic E-state index is 12.1. The van der Waals surface area contributed by atoms with Gasteiger partial charge in [-0.25, -0.2) is 0 Å². The molecule has 0 bridgehead atoms. The number of aromatic nitrogens is 1. The van der Waals surface area contributed by atoms with Gasteiger partial charge in [0.1, 0.15) is 0 Å². The Morgan fingerprint density at radius 3 is 2.47 bits per heavy atom. The molecule has 0 unspecified atom stereocenters. The lowest BCUT2D eigenvalue weighted by molar-refractivity contribution is 1.27. The lowest BCUT2D eigenvalue weighted by Crippen LogP contribution is -2.07. The first-order valence-electron chi connectivity index (χ1n) is 6.03. The van der Waals surface area contributed by atoms with Gasteiger partial charge in [0.05, 0.1) is 0 Å². The van der Waals surface area contributed by atoms with Crippen LogP contribution >= 0.6 is 11.6 Å². The predicted molar refractivity (Wildman–Crippen MR) is 79.8 cm³/mol. The van der Waals surface area contributed by atoms with Crippen molar-refractivity contribution in [3.8, 4) is 11.3 Å². The molecular formula is C16H12ClNO. The zero-order chi connectivity index (χ0) is 13.4. The second-order valence-electron chi connectivity index (χ2n) is 4.61. The molecule has 19 heavy (non-hydrogen) atoms. The standard InChI is InChI=1S/C16H12ClNO/c1-10-2-7-14-12(8-10)9-15(18-16(14)19)11-3-5-13(17)6-4-11/h2-9H,1H3,(H,18,19). The normalized spacial score (nSPS) is 10.8. The molecule has 0 spiro atoms. The maximum Gasteiger partial charge on any atom is 0.256 e. The van der Waals surface area contributed by atoms with Crippen molar-refractivity contribution in [2.75, 3.05) is 0 Å². The highest BCUT2D eigenvalue weighted by Gasteiger charge is 2.04. The molecule has 2 nitrogen and oxygen atoms in total. The minimum Gasteiger partial charge on any atom is -0.321 e. The molecule has 3 heteroatoms. The van der Waals surface area contributed by atoms with Crippen LogP contribution in [0.15, 0.2) is 53.3 Å². The van der Waals surface area contributed by atoms with Crippen LogP contribution in [0, 0.1) is 6.92 Å². The van der Waals surface area contributed by atoms with Crippen molar-refractivity contribution in [1.82, 2.24) is 4.98 Å². The van der Waals surface area contributed by atoms with Crippen molar-refractivity contribution in [3.63, 3.8) is 0 Å². The molecule has 1 N–H and O–H groups in total. The van der Waals surface area contributed by atoms with Gasteiger partial charge in [-0.15, -0.1) is 0 Å². The van der Waals surface area contributed by atoms with Crippen LogP contribution in [-0.4, -0.2) is 4.98 Å². The summed E-state index contributed by atoms with van der Waals surface area (Å²) in [6, 6.07) is 15.2. The van der Waals surface area contributed by atoms with E-state index in [9.17, 15) is 4.79 Å². The van der Waals surface area contributed by atoms with Crippen LogP contribution in [0.4, 0.5) is 0 Å². The van der Waals surface area contributed by atoms with Gasteiger partial charge in [-0.2, -0.15) is 0 Å². The Labute approximate surface area is 115 Å². The lowest BCUT2D eigenvalue weighted by Gasteiger charge is -2.05. The van der Waals surface area contributed by atoms with Crippen LogP contribution in [0.2, 0.25) is 5.02 Å². The summed E-state index contributed by atoms with van der Waals surface area (Å²) >= 11 is 5.87. The first-order chi connectivity index (χ1) is 9.13. The lowest BCUT2D eigenvalue weighted by atomic mass is 10.1. The zero-order valence-electron chi connectivity index (χ0n) is 10.4. The van der Waals surface area contributed by atoms with Gasteiger partial charge in [-0.05, 0) is 42.1 Å². The smallest absolute Gasteiger partial charge is 0.256 e. The first kappa shape index (κ1) is 12.0. The molecule has 0 aliphatic rings. The summed E-state index contributed by atoms with van der Waals surface area (Å²) in [5, 5.41) is 2.35. The summed E-state index contributed by atoms with van der Waals surface area (Å²) in [5.41, 5.74) is 2.83. The molecule has 3 aromatic rings. The Kier molecular flexibility index (Phi) is 2.88. The summed E-state index contributed by atoms with van der Waals surface area (Å²) in [6.07, 6.45) is 0. The number of hydrogen-bond donors (Lipinski definition) is 1. The Hall–Kier alpha value is -2.06. The second-order valence-corrected chi connectivity index (χ2v) is 5.05. The van der Waals surface area contributed by atoms with Gasteiger partial charge in [-0.1, -0.05) is 41.4 Å². The number of fused-ring (bicyclic) bond motifs is 1. The van der Waals surface area contributed by atoms with E-state index in [4.69, 9.17) is 11.6 Å². The van der Waals surface area contributed by atoms with Crippen LogP contribution in [0.3, 0.4) is 0 Å². The number of rotatable bonds is 1. The summed E-state index contributed by atoms with van der Waals surface area (Å²) in [6.45, 7) is 2.02. The molecule has 3 rings (SSSR count). The Morgan fingerprint density at radius 2 is 1.74 bits per heavy atom. The second kappa shape index (κ2) is 4.56. The molecule has 1 heterocycles. The fourth-order valence-corrected chi connectivity index (χ4v) is 2.30. The van der Waals surface area contributed by atoms with Gasteiger partial charge in [0, 0.05) is 16.1 Å². The molecule has 0 aliphatic heterocycles. The Balaban J connectivity index is 2.25. The van der Waals surface area contributed by atoms with E-state index in [1.165, 1.54) is 0 Å². The van der Waals surface area contributed by atoms with Gasteiger partial charge >= 0.3 is 0 Å². The molecule has 2 aromatic carbocycles. The van der Waals surface area contributed by atoms with E-state index in [-0.39, 0.29) is 5.56 Å². The minimum atomic E-state index is -0.0672. The quantitative estimate of drug-likeness (QED) is 0.707. The van der Waals surface area contributed by atoms with Crippen LogP contribution in [-0.2, 0) is 0 Å². The average Bonchev–Trinajstić information content (AvgIpc) is 2.38. The van der Waals surface area contributed by atoms with E-state index in [2.05, 4.69) is 4.98 Å². The highest BCUT2D eigenvalue weighted by Crippen LogP contribution is 2.22. The molecule has 0 aliphatic carbocycles. The van der Waals surface area contributed by atoms with Crippen LogP contribution < -0.4 is 5.56 Å². The molecule has 0 amide bonds. The van der Waals surface area contributed by atoms with E-state index in [1.807, 2.05) is 55.5 Å². The number of pyridine rings is 1. The van der Waals surface area contributed by atoms with Crippen LogP contribution in [0.25, 0.3) is 22.0 Å². The summed E-state index contributed by atoms with van der Waals surface area (Å²) in [4.78, 5) is 15.0. The summed E-state index contributed by atoms with van der Waals surface area (Å²) in [5.74, 6) is 0. The highest BCUT2D eigenvalue weighted by atomic mass is 35.5. The van der Waals surface area contributed by atoms with Gasteiger partial charge in [-0.3, -0.25) is 4.79 Å². The largest absolute Gasteiger partial charge is 0.321 e. The van der Waals surface area contributed by atoms with Gasteiger partial charge in [0.2, 0.25) is 0 Å². The number of H-pyrrole nitrogens is 1. The third kappa shape index (κ3) is 2.27. The highest BCUT2D eigenvalue weighted by molar-refractivity contribution is 6.30. The van der Waals surface area contributed by atoms with Crippen molar-refractivity contribution in [2.45, 2.75) is 6.92 Å². The summed E-state index contributed by atoms with van der Waals surface area (Å²) in [7, 11) is 0. The number of halogens is 1. The third-order valence-electron chi connectivity index (χ3n) is 3.15. The number of hydrogen-bond acceptors (Lipinski definition) is 1. The van der Waals surface area contributed by atoms with Gasteiger partial charge in [0.15, 0.2) is 0 Å². The number of benzene rings is 2. The molecular weight excluding hydrogens is 258 g/mol. The maximum absolute atomic E-state index is 12.1. The topological polar surface area (TPSA) is 32.9 Å². The summed E-state index contributed by atoms with van der Waals surface area (Å²) < 4.78 is 0. The van der Waals surface area contributed by atoms with E-state index in [1.54, 1.807) is 0 Å². The average molecular weight is 270 g/mol. The molecule has 1 aromatic heterocycles. The Morgan fingerprint density at radius 1 is 1.00 bits per heavy atom. The zero-order valence-corrected chi connectivity index (χ0v) is 11.2. The molecule has 0 saturated carbocycles. The molecule has 0 fully saturated rings. The number of aromatic amines is 1. The monoisotopic (exact) mass is 269 g/mol. The van der Waals surface area contributed by atoms with Crippen molar-refractivity contribution in [2.24, 2.45) is 0 Å². The van der Waals surface area contributed by atoms with E-state index in [0.717, 1.165) is 22.2 Å². The minimum absolute atomic E-state index is 0.0672. The van der Waals surface area contributed by atoms with E-state index >= 15 is 0 Å². The van der Waals surface area contributed by atoms with Crippen LogP contribution in [0.1, 0.15) is 5.56 Å². The van der Waals surface area contributed by atoms with Crippen LogP contribution in [0.5, 0.6) is 0 Å². The van der Waals surface area contributed by atoms with Crippen molar-refractivity contribution < 1.29 is 0 Å². The molecule has 94 valence electrons. The van der Waals surface area contributed by atoms with Crippen molar-refractivity contribution in [3.05, 3.63) is 69.5 Å². The molecule has 0 radical (unpaired) electrons. The van der Waals surface area contributed by atoms with E-state index < -0.39 is 0 Å². The third-order valence-corrected chi connectivity index (χ3v) is 3.41.